The Morgan fingerprint density at radius 1 is 1.17 bits per heavy atom. The van der Waals surface area contributed by atoms with Crippen LogP contribution in [-0.4, -0.2) is 48.6 Å². The second-order valence-electron chi connectivity index (χ2n) is 7.47. The maximum absolute atomic E-state index is 12.6. The fraction of sp³-hybridized carbons (Fsp3) is 0.882. The van der Waals surface area contributed by atoms with Crippen LogP contribution < -0.4 is 16.4 Å². The molecular weight excluding hydrogens is 292 g/mol. The molecule has 130 valence electrons. The van der Waals surface area contributed by atoms with Gasteiger partial charge >= 0.3 is 6.03 Å². The molecule has 3 unspecified atom stereocenters. The molecule has 3 aliphatic rings. The van der Waals surface area contributed by atoms with E-state index in [2.05, 4.69) is 10.6 Å². The number of urea groups is 1. The number of nitrogens with one attached hydrogen (secondary N) is 2. The number of amides is 3. The number of carbonyl (C=O) groups excluding carboxylic acids is 2. The van der Waals surface area contributed by atoms with Gasteiger partial charge in [0.25, 0.3) is 0 Å². The molecule has 2 aliphatic carbocycles. The lowest BCUT2D eigenvalue weighted by atomic mass is 9.65. The molecule has 3 fully saturated rings. The van der Waals surface area contributed by atoms with Crippen LogP contribution in [0.5, 0.6) is 0 Å². The Morgan fingerprint density at radius 3 is 2.52 bits per heavy atom. The summed E-state index contributed by atoms with van der Waals surface area (Å²) in [5.74, 6) is 1.34. The molecule has 1 heterocycles. The van der Waals surface area contributed by atoms with Crippen molar-refractivity contribution in [2.45, 2.75) is 57.5 Å². The summed E-state index contributed by atoms with van der Waals surface area (Å²) in [6.07, 6.45) is 6.35. The van der Waals surface area contributed by atoms with Gasteiger partial charge in [0.15, 0.2) is 0 Å². The van der Waals surface area contributed by atoms with Gasteiger partial charge in [-0.25, -0.2) is 4.79 Å². The van der Waals surface area contributed by atoms with Crippen molar-refractivity contribution in [2.24, 2.45) is 23.5 Å². The second kappa shape index (κ2) is 7.07. The molecule has 1 saturated heterocycles. The van der Waals surface area contributed by atoms with Crippen molar-refractivity contribution >= 4 is 11.9 Å². The molecule has 23 heavy (non-hydrogen) atoms. The van der Waals surface area contributed by atoms with Crippen molar-refractivity contribution < 1.29 is 9.59 Å². The molecule has 4 N–H and O–H groups in total. The van der Waals surface area contributed by atoms with E-state index in [9.17, 15) is 9.59 Å². The zero-order chi connectivity index (χ0) is 16.4. The van der Waals surface area contributed by atoms with Gasteiger partial charge in [-0.15, -0.1) is 0 Å². The highest BCUT2D eigenvalue weighted by Crippen LogP contribution is 2.41. The monoisotopic (exact) mass is 322 g/mol. The van der Waals surface area contributed by atoms with E-state index in [0.717, 1.165) is 25.8 Å². The maximum Gasteiger partial charge on any atom is 0.317 e. The number of nitrogens with two attached hydrogens (primary N) is 1. The van der Waals surface area contributed by atoms with E-state index in [1.54, 1.807) is 4.90 Å². The van der Waals surface area contributed by atoms with Crippen molar-refractivity contribution in [2.75, 3.05) is 19.6 Å². The van der Waals surface area contributed by atoms with Gasteiger partial charge in [0.2, 0.25) is 5.91 Å². The number of hydrogen-bond acceptors (Lipinski definition) is 3. The fourth-order valence-corrected chi connectivity index (χ4v) is 4.65. The summed E-state index contributed by atoms with van der Waals surface area (Å²) in [5.41, 5.74) is 6.31. The average Bonchev–Trinajstić information content (AvgIpc) is 2.95. The van der Waals surface area contributed by atoms with Crippen molar-refractivity contribution in [3.8, 4) is 0 Å². The van der Waals surface area contributed by atoms with Crippen LogP contribution in [0.3, 0.4) is 0 Å². The minimum Gasteiger partial charge on any atom is -0.351 e. The topological polar surface area (TPSA) is 87.5 Å². The van der Waals surface area contributed by atoms with Gasteiger partial charge < -0.3 is 21.3 Å². The second-order valence-corrected chi connectivity index (χ2v) is 7.47. The molecule has 2 bridgehead atoms. The minimum absolute atomic E-state index is 0.0255. The van der Waals surface area contributed by atoms with E-state index >= 15 is 0 Å². The zero-order valence-corrected chi connectivity index (χ0v) is 14.1. The summed E-state index contributed by atoms with van der Waals surface area (Å²) in [4.78, 5) is 26.2. The SMILES string of the molecule is CCNC(=O)N1CCC(NC(=O)C2CC3CCCC(C2)C3N)C1. The van der Waals surface area contributed by atoms with Gasteiger partial charge in [-0.3, -0.25) is 4.79 Å². The third-order valence-electron chi connectivity index (χ3n) is 5.93. The number of hydrogen-bond donors (Lipinski definition) is 3. The average molecular weight is 322 g/mol. The molecule has 6 heteroatoms. The number of likely N-dealkylation sites (tertiary alicyclic amines) is 1. The molecule has 6 nitrogen and oxygen atoms in total. The predicted molar refractivity (Wildman–Crippen MR) is 88.7 cm³/mol. The first-order valence-corrected chi connectivity index (χ1v) is 9.17. The molecule has 3 amide bonds. The number of fused-ring (bicyclic) bond motifs is 2. The first-order chi connectivity index (χ1) is 11.1. The number of carbonyl (C=O) groups is 2. The molecule has 0 spiro atoms. The quantitative estimate of drug-likeness (QED) is 0.726. The highest BCUT2D eigenvalue weighted by Gasteiger charge is 2.41. The summed E-state index contributed by atoms with van der Waals surface area (Å²) < 4.78 is 0. The van der Waals surface area contributed by atoms with Gasteiger partial charge in [0.1, 0.15) is 0 Å². The van der Waals surface area contributed by atoms with E-state index < -0.39 is 0 Å². The van der Waals surface area contributed by atoms with Crippen molar-refractivity contribution in [1.82, 2.24) is 15.5 Å². The third kappa shape index (κ3) is 3.62. The largest absolute Gasteiger partial charge is 0.351 e. The van der Waals surface area contributed by atoms with Gasteiger partial charge in [-0.05, 0) is 50.9 Å². The first kappa shape index (κ1) is 16.6. The Balaban J connectivity index is 1.49. The van der Waals surface area contributed by atoms with Gasteiger partial charge in [-0.2, -0.15) is 0 Å². The lowest BCUT2D eigenvalue weighted by Gasteiger charge is -2.43. The van der Waals surface area contributed by atoms with Crippen LogP contribution in [0.4, 0.5) is 4.79 Å². The summed E-state index contributed by atoms with van der Waals surface area (Å²) in [5, 5.41) is 6.00. The van der Waals surface area contributed by atoms with Crippen molar-refractivity contribution in [1.29, 1.82) is 0 Å². The molecule has 0 aromatic carbocycles. The van der Waals surface area contributed by atoms with Crippen LogP contribution in [0.1, 0.15) is 45.4 Å². The van der Waals surface area contributed by atoms with E-state index in [0.29, 0.717) is 31.0 Å². The van der Waals surface area contributed by atoms with Crippen LogP contribution in [0.15, 0.2) is 0 Å². The standard InChI is InChI=1S/C17H30N4O2/c1-2-19-17(23)21-7-6-14(10-21)20-16(22)13-8-11-4-3-5-12(9-13)15(11)18/h11-15H,2-10,18H2,1H3,(H,19,23)(H,20,22). The molecule has 0 aromatic heterocycles. The maximum atomic E-state index is 12.6. The fourth-order valence-electron chi connectivity index (χ4n) is 4.65. The zero-order valence-electron chi connectivity index (χ0n) is 14.1. The lowest BCUT2D eigenvalue weighted by Crippen LogP contribution is -2.50. The molecule has 2 saturated carbocycles. The highest BCUT2D eigenvalue weighted by atomic mass is 16.2. The van der Waals surface area contributed by atoms with Crippen LogP contribution >= 0.6 is 0 Å². The van der Waals surface area contributed by atoms with Crippen LogP contribution in [0, 0.1) is 17.8 Å². The molecule has 0 aromatic rings. The van der Waals surface area contributed by atoms with E-state index in [4.69, 9.17) is 5.73 Å². The lowest BCUT2D eigenvalue weighted by molar-refractivity contribution is -0.128. The Kier molecular flexibility index (Phi) is 5.09. The third-order valence-corrected chi connectivity index (χ3v) is 5.93. The summed E-state index contributed by atoms with van der Waals surface area (Å²) in [6, 6.07) is 0.371. The number of rotatable bonds is 3. The van der Waals surface area contributed by atoms with Crippen molar-refractivity contribution in [3.63, 3.8) is 0 Å². The summed E-state index contributed by atoms with van der Waals surface area (Å²) in [7, 11) is 0. The molecule has 1 aliphatic heterocycles. The van der Waals surface area contributed by atoms with E-state index in [1.807, 2.05) is 6.92 Å². The first-order valence-electron chi connectivity index (χ1n) is 9.17. The smallest absolute Gasteiger partial charge is 0.317 e. The highest BCUT2D eigenvalue weighted by molar-refractivity contribution is 5.79. The summed E-state index contributed by atoms with van der Waals surface area (Å²) >= 11 is 0. The normalized spacial score (nSPS) is 36.6. The van der Waals surface area contributed by atoms with Gasteiger partial charge in [0.05, 0.1) is 0 Å². The van der Waals surface area contributed by atoms with Gasteiger partial charge in [0, 0.05) is 37.6 Å². The molecule has 3 atom stereocenters. The molecular formula is C17H30N4O2. The Labute approximate surface area is 138 Å². The Morgan fingerprint density at radius 2 is 1.87 bits per heavy atom. The molecule has 0 radical (unpaired) electrons. The number of nitrogens with zero attached hydrogens (tertiary/aromatic N) is 1. The van der Waals surface area contributed by atoms with Crippen molar-refractivity contribution in [3.05, 3.63) is 0 Å². The van der Waals surface area contributed by atoms with Crippen LogP contribution in [0.25, 0.3) is 0 Å². The van der Waals surface area contributed by atoms with Crippen LogP contribution in [0.2, 0.25) is 0 Å². The van der Waals surface area contributed by atoms with E-state index in [-0.39, 0.29) is 23.9 Å². The predicted octanol–water partition coefficient (Wildman–Crippen LogP) is 1.06. The van der Waals surface area contributed by atoms with Gasteiger partial charge in [-0.1, -0.05) is 6.42 Å². The Hall–Kier alpha value is -1.30. The van der Waals surface area contributed by atoms with E-state index in [1.165, 1.54) is 19.3 Å². The summed E-state index contributed by atoms with van der Waals surface area (Å²) in [6.45, 7) is 3.89. The van der Waals surface area contributed by atoms with Crippen LogP contribution in [-0.2, 0) is 4.79 Å². The Bertz CT molecular complexity index is 442. The minimum atomic E-state index is -0.0255. The molecule has 3 rings (SSSR count).